The molecule has 0 aromatic heterocycles. The first-order valence-electron chi connectivity index (χ1n) is 6.30. The molecule has 0 bridgehead atoms. The number of aliphatic hydroxyl groups is 1. The quantitative estimate of drug-likeness (QED) is 0.897. The molecule has 1 fully saturated rings. The van der Waals surface area contributed by atoms with Gasteiger partial charge in [-0.15, -0.1) is 0 Å². The number of aliphatic hydroxyl groups excluding tert-OH is 1. The normalized spacial score (nSPS) is 25.3. The van der Waals surface area contributed by atoms with E-state index < -0.39 is 11.6 Å². The van der Waals surface area contributed by atoms with Crippen molar-refractivity contribution < 1.29 is 13.9 Å². The van der Waals surface area contributed by atoms with E-state index in [0.29, 0.717) is 6.54 Å². The van der Waals surface area contributed by atoms with Gasteiger partial charge in [-0.3, -0.25) is 4.90 Å². The largest absolute Gasteiger partial charge is 0.396 e. The molecule has 2 rings (SSSR count). The van der Waals surface area contributed by atoms with Crippen molar-refractivity contribution in [2.45, 2.75) is 26.3 Å². The summed E-state index contributed by atoms with van der Waals surface area (Å²) in [7, 11) is 0. The maximum Gasteiger partial charge on any atom is 0.159 e. The molecule has 1 aliphatic rings. The molecule has 0 spiro atoms. The zero-order chi connectivity index (χ0) is 13.2. The smallest absolute Gasteiger partial charge is 0.159 e. The van der Waals surface area contributed by atoms with Crippen molar-refractivity contribution in [2.24, 2.45) is 5.41 Å². The zero-order valence-electron chi connectivity index (χ0n) is 10.6. The number of hydrogen-bond donors (Lipinski definition) is 1. The van der Waals surface area contributed by atoms with E-state index in [9.17, 15) is 13.9 Å². The average molecular weight is 255 g/mol. The Hall–Kier alpha value is -1.00. The lowest BCUT2D eigenvalue weighted by atomic mass is 9.82. The fourth-order valence-corrected chi connectivity index (χ4v) is 2.59. The second-order valence-electron chi connectivity index (χ2n) is 5.53. The first-order chi connectivity index (χ1) is 8.52. The lowest BCUT2D eigenvalue weighted by Gasteiger charge is -2.39. The van der Waals surface area contributed by atoms with Gasteiger partial charge in [0.15, 0.2) is 11.6 Å². The second kappa shape index (κ2) is 5.33. The Morgan fingerprint density at radius 1 is 1.33 bits per heavy atom. The monoisotopic (exact) mass is 255 g/mol. The summed E-state index contributed by atoms with van der Waals surface area (Å²) in [6.45, 7) is 4.57. The summed E-state index contributed by atoms with van der Waals surface area (Å²) in [5.74, 6) is -1.60. The van der Waals surface area contributed by atoms with Crippen LogP contribution in [0, 0.1) is 17.0 Å². The van der Waals surface area contributed by atoms with Crippen LogP contribution in [0.15, 0.2) is 18.2 Å². The molecule has 4 heteroatoms. The van der Waals surface area contributed by atoms with Crippen molar-refractivity contribution in [3.8, 4) is 0 Å². The number of halogens is 2. The molecule has 1 aliphatic heterocycles. The van der Waals surface area contributed by atoms with Crippen LogP contribution in [0.25, 0.3) is 0 Å². The van der Waals surface area contributed by atoms with Gasteiger partial charge in [-0.05, 0) is 37.1 Å². The van der Waals surface area contributed by atoms with E-state index in [4.69, 9.17) is 0 Å². The van der Waals surface area contributed by atoms with Crippen LogP contribution >= 0.6 is 0 Å². The Morgan fingerprint density at radius 3 is 2.78 bits per heavy atom. The fraction of sp³-hybridized carbons (Fsp3) is 0.571. The molecule has 0 aliphatic carbocycles. The molecule has 1 N–H and O–H groups in total. The standard InChI is InChI=1S/C14H19F2NO/c1-14(10-18)5-2-6-17(9-14)8-11-3-4-12(15)13(16)7-11/h3-4,7,18H,2,5-6,8-10H2,1H3. The Kier molecular flexibility index (Phi) is 3.97. The number of nitrogens with zero attached hydrogens (tertiary/aromatic N) is 1. The molecule has 1 aromatic rings. The Morgan fingerprint density at radius 2 is 2.11 bits per heavy atom. The van der Waals surface area contributed by atoms with Crippen LogP contribution in [0.5, 0.6) is 0 Å². The Labute approximate surface area is 106 Å². The second-order valence-corrected chi connectivity index (χ2v) is 5.53. The highest BCUT2D eigenvalue weighted by Crippen LogP contribution is 2.29. The molecule has 100 valence electrons. The molecular weight excluding hydrogens is 236 g/mol. The summed E-state index contributed by atoms with van der Waals surface area (Å²) in [5, 5.41) is 9.38. The van der Waals surface area contributed by atoms with Gasteiger partial charge in [-0.2, -0.15) is 0 Å². The van der Waals surface area contributed by atoms with Crippen LogP contribution < -0.4 is 0 Å². The van der Waals surface area contributed by atoms with Gasteiger partial charge in [0, 0.05) is 25.1 Å². The van der Waals surface area contributed by atoms with Crippen molar-refractivity contribution in [1.29, 1.82) is 0 Å². The Balaban J connectivity index is 2.02. The predicted octanol–water partition coefficient (Wildman–Crippen LogP) is 2.56. The van der Waals surface area contributed by atoms with Gasteiger partial charge in [-0.1, -0.05) is 13.0 Å². The van der Waals surface area contributed by atoms with E-state index in [0.717, 1.165) is 31.5 Å². The summed E-state index contributed by atoms with van der Waals surface area (Å²) in [6, 6.07) is 4.03. The van der Waals surface area contributed by atoms with Crippen LogP contribution in [0.3, 0.4) is 0 Å². The van der Waals surface area contributed by atoms with Crippen molar-refractivity contribution >= 4 is 0 Å². The van der Waals surface area contributed by atoms with Gasteiger partial charge < -0.3 is 5.11 Å². The minimum Gasteiger partial charge on any atom is -0.396 e. The summed E-state index contributed by atoms with van der Waals surface area (Å²) in [6.07, 6.45) is 2.04. The SMILES string of the molecule is CC1(CO)CCCN(Cc2ccc(F)c(F)c2)C1. The molecule has 0 saturated carbocycles. The molecular formula is C14H19F2NO. The molecule has 0 amide bonds. The van der Waals surface area contributed by atoms with Crippen molar-refractivity contribution in [3.05, 3.63) is 35.4 Å². The average Bonchev–Trinajstić information content (AvgIpc) is 2.34. The van der Waals surface area contributed by atoms with Crippen molar-refractivity contribution in [2.75, 3.05) is 19.7 Å². The highest BCUT2D eigenvalue weighted by molar-refractivity contribution is 5.17. The maximum absolute atomic E-state index is 13.1. The molecule has 1 heterocycles. The van der Waals surface area contributed by atoms with Gasteiger partial charge in [0.25, 0.3) is 0 Å². The minimum atomic E-state index is -0.808. The number of benzene rings is 1. The fourth-order valence-electron chi connectivity index (χ4n) is 2.59. The van der Waals surface area contributed by atoms with Crippen LogP contribution in [-0.2, 0) is 6.54 Å². The number of rotatable bonds is 3. The molecule has 18 heavy (non-hydrogen) atoms. The predicted molar refractivity (Wildman–Crippen MR) is 66.1 cm³/mol. The van der Waals surface area contributed by atoms with Crippen molar-refractivity contribution in [1.82, 2.24) is 4.90 Å². The molecule has 1 saturated heterocycles. The maximum atomic E-state index is 13.1. The summed E-state index contributed by atoms with van der Waals surface area (Å²) in [5.41, 5.74) is 0.702. The van der Waals surface area contributed by atoms with E-state index in [2.05, 4.69) is 11.8 Å². The van der Waals surface area contributed by atoms with Gasteiger partial charge in [-0.25, -0.2) is 8.78 Å². The zero-order valence-corrected chi connectivity index (χ0v) is 10.6. The molecule has 1 aromatic carbocycles. The third kappa shape index (κ3) is 3.06. The van der Waals surface area contributed by atoms with Crippen LogP contribution in [0.4, 0.5) is 8.78 Å². The topological polar surface area (TPSA) is 23.5 Å². The number of hydrogen-bond acceptors (Lipinski definition) is 2. The van der Waals surface area contributed by atoms with Gasteiger partial charge in [0.1, 0.15) is 0 Å². The third-order valence-electron chi connectivity index (χ3n) is 3.63. The van der Waals surface area contributed by atoms with E-state index >= 15 is 0 Å². The van der Waals surface area contributed by atoms with Gasteiger partial charge >= 0.3 is 0 Å². The first kappa shape index (κ1) is 13.4. The lowest BCUT2D eigenvalue weighted by molar-refractivity contribution is 0.0429. The van der Waals surface area contributed by atoms with Crippen LogP contribution in [-0.4, -0.2) is 29.7 Å². The summed E-state index contributed by atoms with van der Waals surface area (Å²) in [4.78, 5) is 2.19. The van der Waals surface area contributed by atoms with E-state index in [-0.39, 0.29) is 12.0 Å². The summed E-state index contributed by atoms with van der Waals surface area (Å²) >= 11 is 0. The van der Waals surface area contributed by atoms with E-state index in [1.54, 1.807) is 6.07 Å². The summed E-state index contributed by atoms with van der Waals surface area (Å²) < 4.78 is 26.0. The Bertz CT molecular complexity index is 424. The van der Waals surface area contributed by atoms with Gasteiger partial charge in [0.2, 0.25) is 0 Å². The molecule has 2 nitrogen and oxygen atoms in total. The third-order valence-corrected chi connectivity index (χ3v) is 3.63. The number of likely N-dealkylation sites (tertiary alicyclic amines) is 1. The van der Waals surface area contributed by atoms with Gasteiger partial charge in [0.05, 0.1) is 0 Å². The minimum absolute atomic E-state index is 0.0726. The highest BCUT2D eigenvalue weighted by Gasteiger charge is 2.30. The van der Waals surface area contributed by atoms with Crippen LogP contribution in [0.2, 0.25) is 0 Å². The molecule has 1 unspecified atom stereocenters. The van der Waals surface area contributed by atoms with Crippen LogP contribution in [0.1, 0.15) is 25.3 Å². The molecule has 0 radical (unpaired) electrons. The lowest BCUT2D eigenvalue weighted by Crippen LogP contribution is -2.43. The molecule has 1 atom stereocenters. The van der Waals surface area contributed by atoms with E-state index in [1.807, 2.05) is 0 Å². The van der Waals surface area contributed by atoms with E-state index in [1.165, 1.54) is 12.1 Å². The highest BCUT2D eigenvalue weighted by atomic mass is 19.2. The number of piperidine rings is 1. The first-order valence-corrected chi connectivity index (χ1v) is 6.30. The van der Waals surface area contributed by atoms with Crippen molar-refractivity contribution in [3.63, 3.8) is 0 Å².